The molecule has 2 aliphatic heterocycles. The number of carbonyl (C=O) groups excluding carboxylic acids is 1. The molecule has 3 aromatic rings. The molecule has 1 saturated carbocycles. The molecule has 14 heteroatoms. The fourth-order valence-electron chi connectivity index (χ4n) is 11.1. The topological polar surface area (TPSA) is 156 Å². The second kappa shape index (κ2) is 27.1. The predicted molar refractivity (Wildman–Crippen MR) is 274 cm³/mol. The summed E-state index contributed by atoms with van der Waals surface area (Å²) in [6.07, 6.45) is 18.9. The lowest BCUT2D eigenvalue weighted by atomic mass is 9.55. The molecule has 2 fully saturated rings. The predicted octanol–water partition coefficient (Wildman–Crippen LogP) is 11.2. The first-order valence-electron chi connectivity index (χ1n) is 26.5. The van der Waals surface area contributed by atoms with Gasteiger partial charge < -0.3 is 34.2 Å². The fourth-order valence-corrected chi connectivity index (χ4v) is 11.1. The number of allylic oxidation sites excluding steroid dienone is 1. The van der Waals surface area contributed by atoms with E-state index in [1.807, 2.05) is 17.0 Å². The molecule has 386 valence electrons. The van der Waals surface area contributed by atoms with Crippen molar-refractivity contribution in [1.82, 2.24) is 9.80 Å². The molecular weight excluding hydrogens is 904 g/mol. The zero-order chi connectivity index (χ0) is 50.0. The summed E-state index contributed by atoms with van der Waals surface area (Å²) < 4.78 is 35.6. The van der Waals surface area contributed by atoms with Crippen LogP contribution in [0.15, 0.2) is 96.2 Å². The number of non-ortho nitro benzene ring substituents is 1. The first kappa shape index (κ1) is 53.6. The molecule has 3 aromatic carbocycles. The maximum Gasteiger partial charge on any atom is 0.269 e. The van der Waals surface area contributed by atoms with Gasteiger partial charge in [-0.15, -0.1) is 6.58 Å². The summed E-state index contributed by atoms with van der Waals surface area (Å²) in [5.41, 5.74) is 3.95. The molecule has 0 bridgehead atoms. The Morgan fingerprint density at radius 3 is 2.30 bits per heavy atom. The number of hydrogen-bond donors (Lipinski definition) is 2. The van der Waals surface area contributed by atoms with Crippen LogP contribution in [0.5, 0.6) is 11.5 Å². The molecule has 2 N–H and O–H groups in total. The van der Waals surface area contributed by atoms with Crippen molar-refractivity contribution < 1.29 is 43.4 Å². The third kappa shape index (κ3) is 14.3. The van der Waals surface area contributed by atoms with Crippen molar-refractivity contribution in [2.45, 2.75) is 147 Å². The lowest BCUT2D eigenvalue weighted by Crippen LogP contribution is -2.70. The lowest BCUT2D eigenvalue weighted by molar-refractivity contribution is -0.384. The number of nitrogens with zero attached hydrogens (tertiary/aromatic N) is 4. The van der Waals surface area contributed by atoms with Gasteiger partial charge in [0.25, 0.3) is 5.69 Å². The van der Waals surface area contributed by atoms with Gasteiger partial charge in [0.15, 0.2) is 0 Å². The van der Waals surface area contributed by atoms with E-state index in [9.17, 15) is 24.7 Å². The Balaban J connectivity index is 1.35. The number of aliphatic hydroxyl groups is 2. The van der Waals surface area contributed by atoms with Crippen LogP contribution in [0.25, 0.3) is 0 Å². The van der Waals surface area contributed by atoms with Crippen LogP contribution in [0.1, 0.15) is 139 Å². The average molecular weight is 981 g/mol. The summed E-state index contributed by atoms with van der Waals surface area (Å²) in [5, 5.41) is 36.5. The smallest absolute Gasteiger partial charge is 0.269 e. The third-order valence-corrected chi connectivity index (χ3v) is 14.9. The Kier molecular flexibility index (Phi) is 20.4. The molecule has 7 rings (SSSR count). The molecule has 2 heterocycles. The van der Waals surface area contributed by atoms with Gasteiger partial charge in [-0.1, -0.05) is 101 Å². The van der Waals surface area contributed by atoms with E-state index < -0.39 is 22.7 Å². The first-order chi connectivity index (χ1) is 34.7. The number of rotatable bonds is 32. The van der Waals surface area contributed by atoms with Gasteiger partial charge in [0.1, 0.15) is 36.6 Å². The summed E-state index contributed by atoms with van der Waals surface area (Å²) in [4.78, 5) is 36.7. The number of fused-ring (bicyclic) bond motifs is 2. The van der Waals surface area contributed by atoms with E-state index in [2.05, 4.69) is 30.5 Å². The maximum atomic E-state index is 15.2. The normalized spacial score (nSPS) is 22.7. The van der Waals surface area contributed by atoms with E-state index in [-0.39, 0.29) is 74.6 Å². The molecule has 1 amide bonds. The van der Waals surface area contributed by atoms with Crippen molar-refractivity contribution in [3.63, 3.8) is 0 Å². The van der Waals surface area contributed by atoms with Crippen molar-refractivity contribution >= 4 is 17.3 Å². The van der Waals surface area contributed by atoms with Gasteiger partial charge in [-0.2, -0.15) is 0 Å². The number of halogens is 1. The Bertz CT molecular complexity index is 2230. The van der Waals surface area contributed by atoms with Crippen LogP contribution < -0.4 is 9.47 Å². The largest absolute Gasteiger partial charge is 0.492 e. The molecule has 13 nitrogen and oxygen atoms in total. The van der Waals surface area contributed by atoms with Crippen LogP contribution in [0.3, 0.4) is 0 Å². The molecule has 0 aromatic heterocycles. The standard InChI is InChI=1S/C57H77FN4O9/c1-3-5-6-7-8-9-10-11-12-19-54(65)61(40-42-20-24-45(58)25-21-42)53-39-51(59-70-41-43-22-26-46(27-23-43)62(66)67)49-37-44(17-13-15-33-63)48(18-14-16-34-64)55-50-38-47(68-36-32-60-30-31-60)28-29-52(50)71-57(53,56(49)55)69-35-4-2/h4,20-29,37-38,44,48,53,55-56,63-64H,2-3,5-19,30-36,39-41H2,1H3. The van der Waals surface area contributed by atoms with Crippen LogP contribution >= 0.6 is 0 Å². The van der Waals surface area contributed by atoms with Crippen molar-refractivity contribution in [3.05, 3.63) is 124 Å². The Labute approximate surface area is 420 Å². The van der Waals surface area contributed by atoms with E-state index in [1.165, 1.54) is 56.4 Å². The first-order valence-corrected chi connectivity index (χ1v) is 26.5. The van der Waals surface area contributed by atoms with Gasteiger partial charge in [0.2, 0.25) is 11.7 Å². The van der Waals surface area contributed by atoms with E-state index in [1.54, 1.807) is 30.3 Å². The maximum absolute atomic E-state index is 15.2. The molecule has 6 atom stereocenters. The number of unbranched alkanes of at least 4 members (excludes halogenated alkanes) is 10. The van der Waals surface area contributed by atoms with Crippen LogP contribution in [-0.2, 0) is 27.5 Å². The summed E-state index contributed by atoms with van der Waals surface area (Å²) in [5.74, 6) is -1.22. The van der Waals surface area contributed by atoms with Crippen LogP contribution in [0.2, 0.25) is 0 Å². The van der Waals surface area contributed by atoms with Crippen molar-refractivity contribution in [2.24, 2.45) is 22.9 Å². The zero-order valence-electron chi connectivity index (χ0n) is 41.9. The van der Waals surface area contributed by atoms with Crippen molar-refractivity contribution in [2.75, 3.05) is 46.1 Å². The number of nitro groups is 1. The highest BCUT2D eigenvalue weighted by Gasteiger charge is 2.65. The number of carbonyl (C=O) groups is 1. The van der Waals surface area contributed by atoms with Gasteiger partial charge in [-0.3, -0.25) is 19.8 Å². The summed E-state index contributed by atoms with van der Waals surface area (Å²) in [6, 6.07) is 17.8. The van der Waals surface area contributed by atoms with Gasteiger partial charge in [0.05, 0.1) is 23.2 Å². The van der Waals surface area contributed by atoms with Crippen molar-refractivity contribution in [3.8, 4) is 11.5 Å². The molecule has 0 radical (unpaired) electrons. The monoisotopic (exact) mass is 981 g/mol. The lowest BCUT2D eigenvalue weighted by Gasteiger charge is -2.60. The number of oxime groups is 1. The van der Waals surface area contributed by atoms with Gasteiger partial charge in [-0.25, -0.2) is 4.39 Å². The minimum Gasteiger partial charge on any atom is -0.492 e. The number of nitro benzene ring substituents is 1. The highest BCUT2D eigenvalue weighted by molar-refractivity contribution is 6.03. The third-order valence-electron chi connectivity index (χ3n) is 14.9. The molecule has 71 heavy (non-hydrogen) atoms. The highest BCUT2D eigenvalue weighted by atomic mass is 19.1. The Morgan fingerprint density at radius 1 is 0.930 bits per heavy atom. The molecule has 4 aliphatic rings. The zero-order valence-corrected chi connectivity index (χ0v) is 41.9. The number of aliphatic hydroxyl groups excluding tert-OH is 2. The van der Waals surface area contributed by atoms with Crippen LogP contribution in [-0.4, -0.2) is 94.4 Å². The number of benzene rings is 3. The van der Waals surface area contributed by atoms with E-state index >= 15 is 4.79 Å². The minimum atomic E-state index is -1.46. The SMILES string of the molecule is C=CCOC12Oc3ccc(OCCN4CC4)cc3C3C(CCCCO)C(CCCCO)C=C(C(=NOCc4ccc([N+](=O)[O-])cc4)CC1N(Cc1ccc(F)cc1)C(=O)CCCCCCCCCCC)C32. The van der Waals surface area contributed by atoms with Gasteiger partial charge in [-0.05, 0) is 103 Å². The fraction of sp³-hybridized carbons (Fsp3) is 0.579. The molecule has 0 spiro atoms. The molecule has 2 aliphatic carbocycles. The highest BCUT2D eigenvalue weighted by Crippen LogP contribution is 2.62. The van der Waals surface area contributed by atoms with E-state index in [0.717, 1.165) is 87.0 Å². The second-order valence-electron chi connectivity index (χ2n) is 19.9. The molecule has 1 saturated heterocycles. The van der Waals surface area contributed by atoms with Crippen molar-refractivity contribution in [1.29, 1.82) is 0 Å². The van der Waals surface area contributed by atoms with E-state index in [0.29, 0.717) is 49.3 Å². The summed E-state index contributed by atoms with van der Waals surface area (Å²) in [6.45, 7) is 10.3. The van der Waals surface area contributed by atoms with Crippen LogP contribution in [0.4, 0.5) is 10.1 Å². The number of hydrogen-bond acceptors (Lipinski definition) is 11. The van der Waals surface area contributed by atoms with E-state index in [4.69, 9.17) is 24.2 Å². The molecule has 6 unspecified atom stereocenters. The summed E-state index contributed by atoms with van der Waals surface area (Å²) >= 11 is 0. The Hall–Kier alpha value is -5.15. The second-order valence-corrected chi connectivity index (χ2v) is 19.9. The minimum absolute atomic E-state index is 0.0228. The van der Waals surface area contributed by atoms with Gasteiger partial charge >= 0.3 is 0 Å². The van der Waals surface area contributed by atoms with Gasteiger partial charge in [0, 0.05) is 75.8 Å². The Morgan fingerprint density at radius 2 is 1.62 bits per heavy atom. The quantitative estimate of drug-likeness (QED) is 0.0203. The molecular formula is C57H77FN4O9. The average Bonchev–Trinajstić information content (AvgIpc) is 4.21. The number of amides is 1. The van der Waals surface area contributed by atoms with Crippen LogP contribution in [0, 0.1) is 33.7 Å². The summed E-state index contributed by atoms with van der Waals surface area (Å²) in [7, 11) is 0. The number of ether oxygens (including phenoxy) is 3.